The van der Waals surface area contributed by atoms with Crippen molar-refractivity contribution >= 4 is 11.6 Å². The molecule has 1 aliphatic rings. The highest BCUT2D eigenvalue weighted by Crippen LogP contribution is 2.31. The van der Waals surface area contributed by atoms with Gasteiger partial charge in [0, 0.05) is 41.3 Å². The van der Waals surface area contributed by atoms with Gasteiger partial charge in [-0.25, -0.2) is 4.39 Å². The van der Waals surface area contributed by atoms with E-state index in [1.54, 1.807) is 12.1 Å². The molecule has 1 aliphatic heterocycles. The van der Waals surface area contributed by atoms with E-state index < -0.39 is 0 Å². The van der Waals surface area contributed by atoms with Crippen molar-refractivity contribution < 1.29 is 4.39 Å². The molecule has 0 atom stereocenters. The molecule has 1 saturated heterocycles. The van der Waals surface area contributed by atoms with Crippen LogP contribution in [0, 0.1) is 5.82 Å². The lowest BCUT2D eigenvalue weighted by molar-refractivity contribution is 0.0155. The molecule has 0 radical (unpaired) electrons. The second kappa shape index (κ2) is 6.23. The Hall–Kier alpha value is -0.640. The zero-order chi connectivity index (χ0) is 15.7. The third-order valence-electron chi connectivity index (χ3n) is 5.01. The number of nitrogens with zero attached hydrogens (tertiary/aromatic N) is 1. The van der Waals surface area contributed by atoms with Gasteiger partial charge in [-0.2, -0.15) is 0 Å². The van der Waals surface area contributed by atoms with Crippen LogP contribution in [-0.4, -0.2) is 29.1 Å². The summed E-state index contributed by atoms with van der Waals surface area (Å²) >= 11 is 6.20. The summed E-state index contributed by atoms with van der Waals surface area (Å²) in [5.41, 5.74) is 0.711. The van der Waals surface area contributed by atoms with E-state index in [1.165, 1.54) is 6.07 Å². The maximum absolute atomic E-state index is 14.1. The normalized spacial score (nSPS) is 21.4. The fourth-order valence-corrected chi connectivity index (χ4v) is 3.24. The summed E-state index contributed by atoms with van der Waals surface area (Å²) in [6, 6.07) is 4.91. The summed E-state index contributed by atoms with van der Waals surface area (Å²) in [7, 11) is 0. The van der Waals surface area contributed by atoms with Gasteiger partial charge in [-0.3, -0.25) is 4.90 Å². The summed E-state index contributed by atoms with van der Waals surface area (Å²) in [5, 5.41) is 4.22. The minimum Gasteiger partial charge on any atom is -0.308 e. The van der Waals surface area contributed by atoms with Crippen LogP contribution in [0.2, 0.25) is 5.02 Å². The molecule has 0 aromatic heterocycles. The summed E-state index contributed by atoms with van der Waals surface area (Å²) in [6.07, 6.45) is 2.14. The Balaban J connectivity index is 2.27. The molecule has 1 aromatic rings. The van der Waals surface area contributed by atoms with E-state index in [0.717, 1.165) is 25.9 Å². The van der Waals surface area contributed by atoms with Gasteiger partial charge in [0.15, 0.2) is 0 Å². The Morgan fingerprint density at radius 3 is 2.52 bits per heavy atom. The van der Waals surface area contributed by atoms with Gasteiger partial charge in [-0.05, 0) is 38.8 Å². The number of rotatable bonds is 4. The van der Waals surface area contributed by atoms with E-state index in [2.05, 4.69) is 37.9 Å². The van der Waals surface area contributed by atoms with E-state index in [0.29, 0.717) is 17.1 Å². The van der Waals surface area contributed by atoms with Crippen LogP contribution in [0.3, 0.4) is 0 Å². The molecule has 0 saturated carbocycles. The van der Waals surface area contributed by atoms with Crippen LogP contribution in [0.4, 0.5) is 4.39 Å². The second-order valence-electron chi connectivity index (χ2n) is 6.71. The predicted molar refractivity (Wildman–Crippen MR) is 87.2 cm³/mol. The monoisotopic (exact) mass is 312 g/mol. The quantitative estimate of drug-likeness (QED) is 0.895. The van der Waals surface area contributed by atoms with Gasteiger partial charge < -0.3 is 5.32 Å². The molecule has 1 heterocycles. The van der Waals surface area contributed by atoms with E-state index in [9.17, 15) is 4.39 Å². The maximum atomic E-state index is 14.1. The van der Waals surface area contributed by atoms with Gasteiger partial charge in [0.05, 0.1) is 0 Å². The van der Waals surface area contributed by atoms with Crippen LogP contribution in [0.1, 0.15) is 46.1 Å². The zero-order valence-electron chi connectivity index (χ0n) is 13.5. The molecule has 0 aliphatic carbocycles. The zero-order valence-corrected chi connectivity index (χ0v) is 14.2. The highest BCUT2D eigenvalue weighted by Gasteiger charge is 2.41. The van der Waals surface area contributed by atoms with Crippen molar-refractivity contribution in [1.29, 1.82) is 0 Å². The van der Waals surface area contributed by atoms with Gasteiger partial charge >= 0.3 is 0 Å². The Labute approximate surface area is 132 Å². The van der Waals surface area contributed by atoms with Crippen molar-refractivity contribution in [2.24, 2.45) is 0 Å². The highest BCUT2D eigenvalue weighted by atomic mass is 35.5. The molecular formula is C17H26ClFN2. The van der Waals surface area contributed by atoms with Crippen molar-refractivity contribution in [3.63, 3.8) is 0 Å². The van der Waals surface area contributed by atoms with Gasteiger partial charge in [0.1, 0.15) is 5.82 Å². The minimum atomic E-state index is -0.213. The minimum absolute atomic E-state index is 0.0144. The van der Waals surface area contributed by atoms with E-state index >= 15 is 0 Å². The largest absolute Gasteiger partial charge is 0.308 e. The summed E-state index contributed by atoms with van der Waals surface area (Å²) in [5.74, 6) is -0.213. The molecule has 1 fully saturated rings. The lowest BCUT2D eigenvalue weighted by Gasteiger charge is -2.52. The Bertz CT molecular complexity index is 477. The van der Waals surface area contributed by atoms with Crippen LogP contribution >= 0.6 is 11.6 Å². The third kappa shape index (κ3) is 3.41. The smallest absolute Gasteiger partial charge is 0.129 e. The van der Waals surface area contributed by atoms with Crippen molar-refractivity contribution in [3.05, 3.63) is 34.6 Å². The SMILES string of the molecule is CCC1(CC)CN(Cc2c(F)cccc2Cl)C(C)(C)CN1. The van der Waals surface area contributed by atoms with Gasteiger partial charge in [0.2, 0.25) is 0 Å². The number of benzene rings is 1. The molecule has 2 nitrogen and oxygen atoms in total. The number of halogens is 2. The van der Waals surface area contributed by atoms with E-state index in [1.807, 2.05) is 0 Å². The molecule has 21 heavy (non-hydrogen) atoms. The molecule has 4 heteroatoms. The van der Waals surface area contributed by atoms with Crippen LogP contribution in [0.15, 0.2) is 18.2 Å². The topological polar surface area (TPSA) is 15.3 Å². The second-order valence-corrected chi connectivity index (χ2v) is 7.12. The fourth-order valence-electron chi connectivity index (χ4n) is 3.02. The molecule has 0 bridgehead atoms. The van der Waals surface area contributed by atoms with Crippen LogP contribution in [-0.2, 0) is 6.54 Å². The van der Waals surface area contributed by atoms with Gasteiger partial charge in [0.25, 0.3) is 0 Å². The number of hydrogen-bond acceptors (Lipinski definition) is 2. The predicted octanol–water partition coefficient (Wildman–Crippen LogP) is 4.22. The Morgan fingerprint density at radius 2 is 1.95 bits per heavy atom. The van der Waals surface area contributed by atoms with Crippen molar-refractivity contribution in [2.45, 2.75) is 58.2 Å². The molecule has 1 N–H and O–H groups in total. The first-order chi connectivity index (χ1) is 9.83. The molecule has 0 spiro atoms. The number of nitrogens with one attached hydrogen (secondary N) is 1. The third-order valence-corrected chi connectivity index (χ3v) is 5.36. The first-order valence-corrected chi connectivity index (χ1v) is 8.14. The van der Waals surface area contributed by atoms with E-state index in [-0.39, 0.29) is 16.9 Å². The standard InChI is InChI=1S/C17H26ClFN2/c1-5-17(6-2)12-21(16(3,4)11-20-17)10-13-14(18)8-7-9-15(13)19/h7-9,20H,5-6,10-12H2,1-4H3. The van der Waals surface area contributed by atoms with E-state index in [4.69, 9.17) is 11.6 Å². The lowest BCUT2D eigenvalue weighted by atomic mass is 9.84. The molecule has 0 amide bonds. The first-order valence-electron chi connectivity index (χ1n) is 7.76. The summed E-state index contributed by atoms with van der Waals surface area (Å²) in [6.45, 7) is 11.2. The first kappa shape index (κ1) is 16.7. The Morgan fingerprint density at radius 1 is 1.29 bits per heavy atom. The number of piperazine rings is 1. The molecular weight excluding hydrogens is 287 g/mol. The summed E-state index contributed by atoms with van der Waals surface area (Å²) < 4.78 is 14.1. The van der Waals surface area contributed by atoms with Crippen LogP contribution in [0.25, 0.3) is 0 Å². The van der Waals surface area contributed by atoms with Gasteiger partial charge in [-0.15, -0.1) is 0 Å². The van der Waals surface area contributed by atoms with Crippen molar-refractivity contribution in [1.82, 2.24) is 10.2 Å². The average Bonchev–Trinajstić information content (AvgIpc) is 2.45. The molecule has 118 valence electrons. The molecule has 2 rings (SSSR count). The summed E-state index contributed by atoms with van der Waals surface area (Å²) in [4.78, 5) is 2.36. The van der Waals surface area contributed by atoms with Crippen molar-refractivity contribution in [3.8, 4) is 0 Å². The number of hydrogen-bond donors (Lipinski definition) is 1. The Kier molecular flexibility index (Phi) is 4.96. The molecule has 0 unspecified atom stereocenters. The van der Waals surface area contributed by atoms with Crippen LogP contribution in [0.5, 0.6) is 0 Å². The van der Waals surface area contributed by atoms with Crippen molar-refractivity contribution in [2.75, 3.05) is 13.1 Å². The highest BCUT2D eigenvalue weighted by molar-refractivity contribution is 6.31. The molecule has 1 aromatic carbocycles. The van der Waals surface area contributed by atoms with Gasteiger partial charge in [-0.1, -0.05) is 31.5 Å². The average molecular weight is 313 g/mol. The maximum Gasteiger partial charge on any atom is 0.129 e. The lowest BCUT2D eigenvalue weighted by Crippen LogP contribution is -2.67. The van der Waals surface area contributed by atoms with Crippen LogP contribution < -0.4 is 5.32 Å². The fraction of sp³-hybridized carbons (Fsp3) is 0.647.